The zero-order chi connectivity index (χ0) is 47.4. The summed E-state index contributed by atoms with van der Waals surface area (Å²) in [5, 5.41) is 15.6. The maximum Gasteiger partial charge on any atom is 0.338 e. The van der Waals surface area contributed by atoms with E-state index >= 15 is 0 Å². The minimum atomic E-state index is -1.05. The molecule has 66 heavy (non-hydrogen) atoms. The summed E-state index contributed by atoms with van der Waals surface area (Å²) in [6.45, 7) is 9.70. The normalized spacial score (nSPS) is 12.6. The highest BCUT2D eigenvalue weighted by Crippen LogP contribution is 2.45. The number of hydrogen-bond donors (Lipinski definition) is 8. The third-order valence-corrected chi connectivity index (χ3v) is 11.3. The summed E-state index contributed by atoms with van der Waals surface area (Å²) in [5.74, 6) is -0.140. The van der Waals surface area contributed by atoms with Crippen molar-refractivity contribution in [2.24, 2.45) is 23.3 Å². The number of amides is 4. The Morgan fingerprint density at radius 1 is 0.606 bits per heavy atom. The van der Waals surface area contributed by atoms with E-state index in [4.69, 9.17) is 20.9 Å². The molecule has 0 aromatic heterocycles. The lowest BCUT2D eigenvalue weighted by atomic mass is 9.92. The van der Waals surface area contributed by atoms with E-state index in [9.17, 15) is 19.2 Å². The van der Waals surface area contributed by atoms with Crippen molar-refractivity contribution in [3.05, 3.63) is 109 Å². The fourth-order valence-corrected chi connectivity index (χ4v) is 7.80. The second-order valence-corrected chi connectivity index (χ2v) is 17.6. The molecule has 4 amide bonds. The van der Waals surface area contributed by atoms with E-state index < -0.39 is 35.8 Å². The maximum absolute atomic E-state index is 14.2. The van der Waals surface area contributed by atoms with Crippen LogP contribution in [0, 0.1) is 11.8 Å². The molecular formula is C52H70N8O6+2. The Balaban J connectivity index is 1.37. The van der Waals surface area contributed by atoms with Crippen molar-refractivity contribution in [2.45, 2.75) is 97.3 Å². The van der Waals surface area contributed by atoms with Gasteiger partial charge in [-0.15, -0.1) is 0 Å². The van der Waals surface area contributed by atoms with E-state index in [2.05, 4.69) is 64.0 Å². The van der Waals surface area contributed by atoms with Crippen molar-refractivity contribution in [1.82, 2.24) is 21.3 Å². The van der Waals surface area contributed by atoms with Crippen molar-refractivity contribution >= 4 is 51.1 Å². The molecule has 14 heteroatoms. The van der Waals surface area contributed by atoms with Crippen molar-refractivity contribution in [3.8, 4) is 22.6 Å². The molecule has 12 N–H and O–H groups in total. The highest BCUT2D eigenvalue weighted by Gasteiger charge is 2.30. The van der Waals surface area contributed by atoms with Crippen molar-refractivity contribution < 1.29 is 39.4 Å². The number of ether oxygens (including phenoxy) is 2. The molecule has 0 aliphatic rings. The molecule has 5 aromatic rings. The van der Waals surface area contributed by atoms with Crippen LogP contribution in [0.1, 0.15) is 78.2 Å². The van der Waals surface area contributed by atoms with Crippen LogP contribution in [0.4, 0.5) is 0 Å². The number of carbonyl (C=O) groups excluding carboxylic acids is 4. The van der Waals surface area contributed by atoms with Gasteiger partial charge in [-0.2, -0.15) is 0 Å². The monoisotopic (exact) mass is 903 g/mol. The third-order valence-electron chi connectivity index (χ3n) is 11.3. The van der Waals surface area contributed by atoms with E-state index in [1.807, 2.05) is 98.8 Å². The minimum absolute atomic E-state index is 0.0332. The van der Waals surface area contributed by atoms with Gasteiger partial charge in [0.05, 0.1) is 19.7 Å². The van der Waals surface area contributed by atoms with Crippen LogP contribution in [0.3, 0.4) is 0 Å². The Kier molecular flexibility index (Phi) is 19.6. The van der Waals surface area contributed by atoms with Gasteiger partial charge in [-0.25, -0.2) is 0 Å². The lowest BCUT2D eigenvalue weighted by molar-refractivity contribution is -0.459. The predicted octanol–water partition coefficient (Wildman–Crippen LogP) is 3.83. The summed E-state index contributed by atoms with van der Waals surface area (Å²) in [6, 6.07) is 30.6. The number of guanidine groups is 1. The molecule has 3 atom stereocenters. The molecule has 0 saturated heterocycles. The van der Waals surface area contributed by atoms with Gasteiger partial charge in [-0.05, 0) is 96.0 Å². The number of fused-ring (bicyclic) bond motifs is 2. The Morgan fingerprint density at radius 2 is 1.17 bits per heavy atom. The van der Waals surface area contributed by atoms with Gasteiger partial charge in [0.25, 0.3) is 5.91 Å². The van der Waals surface area contributed by atoms with Crippen molar-refractivity contribution in [1.29, 1.82) is 0 Å². The summed E-state index contributed by atoms with van der Waals surface area (Å²) < 4.78 is 12.9. The van der Waals surface area contributed by atoms with Crippen LogP contribution in [0.15, 0.2) is 103 Å². The van der Waals surface area contributed by atoms with Crippen LogP contribution < -0.4 is 52.9 Å². The van der Waals surface area contributed by atoms with E-state index in [-0.39, 0.29) is 30.8 Å². The molecule has 0 bridgehead atoms. The first kappa shape index (κ1) is 50.3. The minimum Gasteiger partial charge on any atom is -0.493 e. The summed E-state index contributed by atoms with van der Waals surface area (Å²) in [7, 11) is 0. The third kappa shape index (κ3) is 15.2. The first-order valence-electron chi connectivity index (χ1n) is 23.3. The molecule has 0 aliphatic heterocycles. The summed E-state index contributed by atoms with van der Waals surface area (Å²) >= 11 is 0. The van der Waals surface area contributed by atoms with Crippen molar-refractivity contribution in [3.63, 3.8) is 0 Å². The lowest BCUT2D eigenvalue weighted by Gasteiger charge is -2.26. The summed E-state index contributed by atoms with van der Waals surface area (Å²) in [6.07, 6.45) is 3.49. The molecule has 352 valence electrons. The Morgan fingerprint density at radius 3 is 1.76 bits per heavy atom. The van der Waals surface area contributed by atoms with Gasteiger partial charge in [0.15, 0.2) is 6.61 Å². The molecular weight excluding hydrogens is 833 g/mol. The van der Waals surface area contributed by atoms with Crippen LogP contribution in [-0.4, -0.2) is 74.0 Å². The zero-order valence-electron chi connectivity index (χ0n) is 39.0. The average molecular weight is 903 g/mol. The number of nitrogens with two attached hydrogens (primary N) is 2. The Bertz CT molecular complexity index is 2400. The second kappa shape index (κ2) is 25.7. The molecule has 14 nitrogen and oxygen atoms in total. The van der Waals surface area contributed by atoms with Crippen LogP contribution in [-0.2, 0) is 25.7 Å². The van der Waals surface area contributed by atoms with Gasteiger partial charge in [0, 0.05) is 17.7 Å². The van der Waals surface area contributed by atoms with Gasteiger partial charge < -0.3 is 36.5 Å². The summed E-state index contributed by atoms with van der Waals surface area (Å²) in [5.41, 5.74) is 17.8. The van der Waals surface area contributed by atoms with E-state index in [0.717, 1.165) is 51.1 Å². The number of unbranched alkanes of at least 4 members (excludes halogenated alkanes) is 1. The Labute approximate surface area is 388 Å². The van der Waals surface area contributed by atoms with Crippen LogP contribution in [0.2, 0.25) is 0 Å². The second-order valence-electron chi connectivity index (χ2n) is 17.6. The summed E-state index contributed by atoms with van der Waals surface area (Å²) in [4.78, 5) is 58.6. The number of quaternary nitrogens is 1. The Hall–Kier alpha value is -6.67. The molecule has 0 aliphatic carbocycles. The lowest BCUT2D eigenvalue weighted by Crippen LogP contribution is -2.78. The van der Waals surface area contributed by atoms with Gasteiger partial charge in [0.1, 0.15) is 29.6 Å². The maximum atomic E-state index is 14.2. The number of nitrogens with one attached hydrogen (secondary N) is 5. The van der Waals surface area contributed by atoms with Gasteiger partial charge >= 0.3 is 5.96 Å². The SMILES string of the molecule is CC(C)CCOc1ccc2ccccc2c1-c1c(OCC(=O)N[C@H](CCCC[NH3+])C(=O)N[C@H](CCC[NH+]=C(N)N)C(=O)N[C@@H](CC(C)C)C(=O)NCc2ccccc2)ccc2ccccc12. The largest absolute Gasteiger partial charge is 0.493 e. The van der Waals surface area contributed by atoms with E-state index in [1.54, 1.807) is 0 Å². The number of rotatable bonds is 26. The molecule has 0 unspecified atom stereocenters. The molecule has 0 fully saturated rings. The van der Waals surface area contributed by atoms with Crippen LogP contribution in [0.5, 0.6) is 11.5 Å². The fraction of sp³-hybridized carbons (Fsp3) is 0.404. The predicted molar refractivity (Wildman–Crippen MR) is 261 cm³/mol. The molecule has 0 saturated carbocycles. The molecule has 0 heterocycles. The molecule has 0 spiro atoms. The smallest absolute Gasteiger partial charge is 0.338 e. The molecule has 5 rings (SSSR count). The highest BCUT2D eigenvalue weighted by molar-refractivity contribution is 6.10. The number of benzene rings is 5. The molecule has 5 aromatic carbocycles. The van der Waals surface area contributed by atoms with Gasteiger partial charge in [-0.3, -0.25) is 35.6 Å². The highest BCUT2D eigenvalue weighted by atomic mass is 16.5. The van der Waals surface area contributed by atoms with Gasteiger partial charge in [0.2, 0.25) is 17.7 Å². The number of carbonyl (C=O) groups is 4. The average Bonchev–Trinajstić information content (AvgIpc) is 3.30. The zero-order valence-corrected chi connectivity index (χ0v) is 39.0. The number of hydrogen-bond acceptors (Lipinski definition) is 6. The topological polar surface area (TPSA) is 229 Å². The standard InChI is InChI=1S/C52H68N8O6/c1-34(2)27-30-65-44-25-23-37-17-8-10-19-39(37)47(44)48-40-20-11-9-18-38(40)24-26-45(48)66-33-46(61)58-41(21-12-13-28-53)50(63)59-42(22-14-29-56-52(54)55)51(64)60-43(31-35(3)4)49(62)57-32-36-15-6-5-7-16-36/h5-11,15-20,23-26,34-35,41-43H,12-14,21-22,27-33,53H2,1-4H3,(H,57,62)(H,58,61)(H,59,63)(H,60,64)(H4,54,55,56)/p+2/t41-,42-,43+/m1/s1. The van der Waals surface area contributed by atoms with Gasteiger partial charge in [-0.1, -0.05) is 119 Å². The van der Waals surface area contributed by atoms with Crippen molar-refractivity contribution in [2.75, 3.05) is 26.3 Å². The first-order valence-corrected chi connectivity index (χ1v) is 23.3. The fourth-order valence-electron chi connectivity index (χ4n) is 7.80. The van der Waals surface area contributed by atoms with Crippen LogP contribution >= 0.6 is 0 Å². The van der Waals surface area contributed by atoms with E-state index in [1.165, 1.54) is 0 Å². The first-order chi connectivity index (χ1) is 31.8. The molecule has 0 radical (unpaired) electrons. The van der Waals surface area contributed by atoms with E-state index in [0.29, 0.717) is 69.3 Å². The quantitative estimate of drug-likeness (QED) is 0.0231. The van der Waals surface area contributed by atoms with Crippen LogP contribution in [0.25, 0.3) is 32.7 Å².